The first-order valence-electron chi connectivity index (χ1n) is 6.71. The fourth-order valence-corrected chi connectivity index (χ4v) is 2.19. The van der Waals surface area contributed by atoms with E-state index in [1.165, 1.54) is 0 Å². The van der Waals surface area contributed by atoms with Gasteiger partial charge in [-0.05, 0) is 31.0 Å². The van der Waals surface area contributed by atoms with E-state index < -0.39 is 16.8 Å². The number of amides is 1. The third-order valence-electron chi connectivity index (χ3n) is 3.67. The Morgan fingerprint density at radius 3 is 2.60 bits per heavy atom. The fourth-order valence-electron chi connectivity index (χ4n) is 2.07. The molecular formula is C15H18ClNO3. The van der Waals surface area contributed by atoms with Crippen LogP contribution in [0.2, 0.25) is 0 Å². The quantitative estimate of drug-likeness (QED) is 0.528. The molecule has 1 fully saturated rings. The Kier molecular flexibility index (Phi) is 4.33. The highest BCUT2D eigenvalue weighted by atomic mass is 35.5. The van der Waals surface area contributed by atoms with Crippen LogP contribution >= 0.6 is 11.6 Å². The van der Waals surface area contributed by atoms with E-state index in [2.05, 4.69) is 5.32 Å². The molecular weight excluding hydrogens is 278 g/mol. The van der Waals surface area contributed by atoms with Crippen molar-refractivity contribution < 1.29 is 14.3 Å². The van der Waals surface area contributed by atoms with Gasteiger partial charge < -0.3 is 10.1 Å². The van der Waals surface area contributed by atoms with Gasteiger partial charge in [0.2, 0.25) is 5.91 Å². The third-order valence-corrected chi connectivity index (χ3v) is 4.16. The summed E-state index contributed by atoms with van der Waals surface area (Å²) in [6.45, 7) is 4.29. The second-order valence-electron chi connectivity index (χ2n) is 5.13. The third kappa shape index (κ3) is 3.12. The van der Waals surface area contributed by atoms with Gasteiger partial charge in [0.25, 0.3) is 0 Å². The number of nitrogens with one attached hydrogen (secondary N) is 1. The number of benzene rings is 1. The Labute approximate surface area is 123 Å². The van der Waals surface area contributed by atoms with Crippen LogP contribution in [0.4, 0.5) is 5.69 Å². The predicted molar refractivity (Wildman–Crippen MR) is 77.6 cm³/mol. The molecule has 2 rings (SSSR count). The molecule has 0 spiro atoms. The monoisotopic (exact) mass is 295 g/mol. The molecule has 0 saturated carbocycles. The summed E-state index contributed by atoms with van der Waals surface area (Å²) in [5, 5.41) is 2.73. The molecule has 0 bridgehead atoms. The van der Waals surface area contributed by atoms with Gasteiger partial charge in [-0.2, -0.15) is 0 Å². The molecule has 1 aromatic rings. The summed E-state index contributed by atoms with van der Waals surface area (Å²) in [5.74, 6) is -1.45. The SMILES string of the molecule is CCC(C)(Cl)c1ccc(NC(=O)C2CCOC2=O)cc1. The summed E-state index contributed by atoms with van der Waals surface area (Å²) in [6.07, 6.45) is 1.26. The smallest absolute Gasteiger partial charge is 0.318 e. The number of anilines is 1. The van der Waals surface area contributed by atoms with Gasteiger partial charge in [-0.25, -0.2) is 0 Å². The summed E-state index contributed by atoms with van der Waals surface area (Å²) in [6, 6.07) is 7.37. The van der Waals surface area contributed by atoms with Gasteiger partial charge in [-0.15, -0.1) is 11.6 Å². The Balaban J connectivity index is 2.04. The minimum absolute atomic E-state index is 0.315. The summed E-state index contributed by atoms with van der Waals surface area (Å²) < 4.78 is 4.79. The summed E-state index contributed by atoms with van der Waals surface area (Å²) in [5.41, 5.74) is 1.65. The topological polar surface area (TPSA) is 55.4 Å². The zero-order valence-corrected chi connectivity index (χ0v) is 12.4. The molecule has 1 aliphatic rings. The number of cyclic esters (lactones) is 1. The molecule has 0 aliphatic carbocycles. The van der Waals surface area contributed by atoms with E-state index in [1.54, 1.807) is 12.1 Å². The van der Waals surface area contributed by atoms with E-state index in [0.717, 1.165) is 12.0 Å². The maximum absolute atomic E-state index is 11.9. The van der Waals surface area contributed by atoms with Crippen LogP contribution in [0.15, 0.2) is 24.3 Å². The number of esters is 1. The highest BCUT2D eigenvalue weighted by molar-refractivity contribution is 6.23. The Bertz CT molecular complexity index is 510. The largest absolute Gasteiger partial charge is 0.465 e. The number of alkyl halides is 1. The molecule has 0 radical (unpaired) electrons. The Morgan fingerprint density at radius 1 is 1.45 bits per heavy atom. The summed E-state index contributed by atoms with van der Waals surface area (Å²) in [4.78, 5) is 22.9. The zero-order valence-electron chi connectivity index (χ0n) is 11.6. The van der Waals surface area contributed by atoms with Crippen molar-refractivity contribution in [3.63, 3.8) is 0 Å². The van der Waals surface area contributed by atoms with Gasteiger partial charge in [-0.3, -0.25) is 9.59 Å². The Hall–Kier alpha value is -1.55. The van der Waals surface area contributed by atoms with Crippen LogP contribution in [0.3, 0.4) is 0 Å². The lowest BCUT2D eigenvalue weighted by Crippen LogP contribution is -2.26. The zero-order chi connectivity index (χ0) is 14.8. The van der Waals surface area contributed by atoms with Crippen LogP contribution in [0.5, 0.6) is 0 Å². The van der Waals surface area contributed by atoms with Gasteiger partial charge in [-0.1, -0.05) is 19.1 Å². The molecule has 2 unspecified atom stereocenters. The van der Waals surface area contributed by atoms with Crippen molar-refractivity contribution in [2.24, 2.45) is 5.92 Å². The molecule has 1 N–H and O–H groups in total. The van der Waals surface area contributed by atoms with Crippen LogP contribution in [-0.2, 0) is 19.2 Å². The molecule has 2 atom stereocenters. The fraction of sp³-hybridized carbons (Fsp3) is 0.467. The van der Waals surface area contributed by atoms with Crippen LogP contribution in [0, 0.1) is 5.92 Å². The van der Waals surface area contributed by atoms with Gasteiger partial charge >= 0.3 is 5.97 Å². The molecule has 108 valence electrons. The second kappa shape index (κ2) is 5.83. The van der Waals surface area contributed by atoms with Crippen LogP contribution in [0.25, 0.3) is 0 Å². The summed E-state index contributed by atoms with van der Waals surface area (Å²) >= 11 is 6.38. The highest BCUT2D eigenvalue weighted by Gasteiger charge is 2.33. The standard InChI is InChI=1S/C15H18ClNO3/c1-3-15(2,16)10-4-6-11(7-5-10)17-13(18)12-8-9-20-14(12)19/h4-7,12H,3,8-9H2,1-2H3,(H,17,18). The number of hydrogen-bond donors (Lipinski definition) is 1. The molecule has 1 heterocycles. The molecule has 5 heteroatoms. The number of carbonyl (C=O) groups excluding carboxylic acids is 2. The number of rotatable bonds is 4. The minimum atomic E-state index is -0.691. The average Bonchev–Trinajstić information content (AvgIpc) is 2.85. The molecule has 20 heavy (non-hydrogen) atoms. The lowest BCUT2D eigenvalue weighted by molar-refractivity contribution is -0.143. The lowest BCUT2D eigenvalue weighted by Gasteiger charge is -2.20. The number of carbonyl (C=O) groups is 2. The van der Waals surface area contributed by atoms with Gasteiger partial charge in [0.1, 0.15) is 5.92 Å². The first-order chi connectivity index (χ1) is 9.44. The van der Waals surface area contributed by atoms with Crippen molar-refractivity contribution in [3.8, 4) is 0 Å². The molecule has 1 amide bonds. The minimum Gasteiger partial charge on any atom is -0.465 e. The first-order valence-corrected chi connectivity index (χ1v) is 7.09. The highest BCUT2D eigenvalue weighted by Crippen LogP contribution is 2.32. The van der Waals surface area contributed by atoms with E-state index in [0.29, 0.717) is 18.7 Å². The second-order valence-corrected chi connectivity index (χ2v) is 5.96. The maximum Gasteiger partial charge on any atom is 0.318 e. The Morgan fingerprint density at radius 2 is 2.10 bits per heavy atom. The average molecular weight is 296 g/mol. The van der Waals surface area contributed by atoms with Crippen LogP contribution in [-0.4, -0.2) is 18.5 Å². The van der Waals surface area contributed by atoms with Gasteiger partial charge in [0.15, 0.2) is 0 Å². The van der Waals surface area contributed by atoms with Crippen molar-refractivity contribution in [2.45, 2.75) is 31.6 Å². The van der Waals surface area contributed by atoms with Crippen molar-refractivity contribution in [3.05, 3.63) is 29.8 Å². The van der Waals surface area contributed by atoms with Crippen LogP contribution < -0.4 is 5.32 Å². The normalized spacial score (nSPS) is 21.1. The molecule has 1 aliphatic heterocycles. The van der Waals surface area contributed by atoms with E-state index in [-0.39, 0.29) is 5.91 Å². The van der Waals surface area contributed by atoms with Crippen molar-refractivity contribution in [1.29, 1.82) is 0 Å². The summed E-state index contributed by atoms with van der Waals surface area (Å²) in [7, 11) is 0. The van der Waals surface area contributed by atoms with E-state index in [9.17, 15) is 9.59 Å². The molecule has 1 aromatic carbocycles. The number of halogens is 1. The van der Waals surface area contributed by atoms with E-state index >= 15 is 0 Å². The maximum atomic E-state index is 11.9. The predicted octanol–water partition coefficient (Wildman–Crippen LogP) is 3.05. The lowest BCUT2D eigenvalue weighted by atomic mass is 9.97. The number of ether oxygens (including phenoxy) is 1. The first kappa shape index (κ1) is 14.9. The van der Waals surface area contributed by atoms with Gasteiger partial charge in [0, 0.05) is 12.1 Å². The molecule has 1 saturated heterocycles. The molecule has 4 nitrogen and oxygen atoms in total. The number of hydrogen-bond acceptors (Lipinski definition) is 3. The van der Waals surface area contributed by atoms with Crippen molar-refractivity contribution in [2.75, 3.05) is 11.9 Å². The van der Waals surface area contributed by atoms with Crippen molar-refractivity contribution in [1.82, 2.24) is 0 Å². The van der Waals surface area contributed by atoms with E-state index in [4.69, 9.17) is 16.3 Å². The van der Waals surface area contributed by atoms with Gasteiger partial charge in [0.05, 0.1) is 11.5 Å². The van der Waals surface area contributed by atoms with Crippen molar-refractivity contribution >= 4 is 29.2 Å². The van der Waals surface area contributed by atoms with E-state index in [1.807, 2.05) is 26.0 Å². The van der Waals surface area contributed by atoms with Crippen LogP contribution in [0.1, 0.15) is 32.3 Å². The molecule has 0 aromatic heterocycles.